The molecule has 1 amide bonds. The first-order valence-electron chi connectivity index (χ1n) is 6.66. The molecular weight excluding hydrogens is 285 g/mol. The number of carboxylic acids is 1. The Labute approximate surface area is 144 Å². The van der Waals surface area contributed by atoms with Crippen LogP contribution in [0.1, 0.15) is 24.8 Å². The van der Waals surface area contributed by atoms with Gasteiger partial charge in [-0.15, -0.1) is 0 Å². The third-order valence-corrected chi connectivity index (χ3v) is 5.27. The minimum absolute atomic E-state index is 0. The Morgan fingerprint density at radius 1 is 1.30 bits per heavy atom. The Kier molecular flexibility index (Phi) is 5.29. The van der Waals surface area contributed by atoms with Crippen molar-refractivity contribution in [3.8, 4) is 0 Å². The number of carbonyl (C=O) groups is 2. The maximum absolute atomic E-state index is 12.2. The second kappa shape index (κ2) is 6.60. The van der Waals surface area contributed by atoms with Gasteiger partial charge in [0.05, 0.1) is 0 Å². The molecule has 6 heteroatoms. The normalized spacial score (nSPS) is 30.8. The third-order valence-electron chi connectivity index (χ3n) is 4.54. The van der Waals surface area contributed by atoms with Crippen LogP contribution in [0.15, 0.2) is 16.8 Å². The van der Waals surface area contributed by atoms with Crippen LogP contribution in [0, 0.1) is 23.7 Å². The second-order valence-electron chi connectivity index (χ2n) is 5.55. The van der Waals surface area contributed by atoms with Crippen molar-refractivity contribution in [2.45, 2.75) is 25.8 Å². The molecule has 0 unspecified atom stereocenters. The molecule has 2 bridgehead atoms. The first-order valence-corrected chi connectivity index (χ1v) is 7.60. The summed E-state index contributed by atoms with van der Waals surface area (Å²) in [4.78, 5) is 23.5. The van der Waals surface area contributed by atoms with Crippen LogP contribution < -0.4 is 40.0 Å². The molecule has 4 atom stereocenters. The van der Waals surface area contributed by atoms with Crippen LogP contribution in [0.5, 0.6) is 0 Å². The number of nitrogens with one attached hydrogen (secondary N) is 1. The molecule has 3 rings (SSSR count). The second-order valence-corrected chi connectivity index (χ2v) is 6.33. The average Bonchev–Trinajstić information content (AvgIpc) is 3.10. The van der Waals surface area contributed by atoms with Gasteiger partial charge in [-0.2, -0.15) is 11.3 Å². The van der Waals surface area contributed by atoms with Crippen LogP contribution in [0.25, 0.3) is 0 Å². The van der Waals surface area contributed by atoms with Gasteiger partial charge in [-0.25, -0.2) is 0 Å². The van der Waals surface area contributed by atoms with E-state index in [0.717, 1.165) is 24.8 Å². The zero-order valence-electron chi connectivity index (χ0n) is 11.5. The number of carboxylic acid groups (broad SMARTS) is 1. The van der Waals surface area contributed by atoms with Crippen LogP contribution in [0.2, 0.25) is 0 Å². The van der Waals surface area contributed by atoms with Crippen LogP contribution in [-0.2, 0) is 16.1 Å². The fourth-order valence-electron chi connectivity index (χ4n) is 3.71. The van der Waals surface area contributed by atoms with Crippen molar-refractivity contribution in [1.29, 1.82) is 0 Å². The van der Waals surface area contributed by atoms with Gasteiger partial charge >= 0.3 is 29.6 Å². The Hall–Kier alpha value is -0.360. The topological polar surface area (TPSA) is 69.2 Å². The summed E-state index contributed by atoms with van der Waals surface area (Å²) in [7, 11) is 0. The molecular formula is C14H16NNaO3S. The SMILES string of the molecule is O=C(NCc1ccsc1)[C@@H]1[C@@H]2CC[C@@H](C2)[C@@H]1C(=O)[O-].[Na+]. The van der Waals surface area contributed by atoms with Gasteiger partial charge in [-0.05, 0) is 53.5 Å². The van der Waals surface area contributed by atoms with Gasteiger partial charge in [-0.1, -0.05) is 0 Å². The van der Waals surface area contributed by atoms with Crippen molar-refractivity contribution >= 4 is 23.2 Å². The van der Waals surface area contributed by atoms with Crippen molar-refractivity contribution in [1.82, 2.24) is 5.32 Å². The minimum atomic E-state index is -1.05. The van der Waals surface area contributed by atoms with Crippen molar-refractivity contribution in [2.75, 3.05) is 0 Å². The zero-order chi connectivity index (χ0) is 13.4. The number of hydrogen-bond donors (Lipinski definition) is 1. The monoisotopic (exact) mass is 301 g/mol. The van der Waals surface area contributed by atoms with E-state index < -0.39 is 11.9 Å². The maximum Gasteiger partial charge on any atom is 1.00 e. The molecule has 0 aromatic carbocycles. The Morgan fingerprint density at radius 2 is 2.00 bits per heavy atom. The first-order chi connectivity index (χ1) is 9.16. The quantitative estimate of drug-likeness (QED) is 0.641. The van der Waals surface area contributed by atoms with Crippen LogP contribution in [0.3, 0.4) is 0 Å². The summed E-state index contributed by atoms with van der Waals surface area (Å²) >= 11 is 1.59. The fraction of sp³-hybridized carbons (Fsp3) is 0.571. The van der Waals surface area contributed by atoms with Gasteiger partial charge < -0.3 is 15.2 Å². The summed E-state index contributed by atoms with van der Waals surface area (Å²) in [6, 6.07) is 1.96. The molecule has 2 aliphatic carbocycles. The molecule has 102 valence electrons. The Bertz CT molecular complexity index is 491. The van der Waals surface area contributed by atoms with Crippen LogP contribution >= 0.6 is 11.3 Å². The molecule has 2 saturated carbocycles. The molecule has 1 N–H and O–H groups in total. The van der Waals surface area contributed by atoms with E-state index in [9.17, 15) is 14.7 Å². The molecule has 0 radical (unpaired) electrons. The van der Waals surface area contributed by atoms with E-state index in [4.69, 9.17) is 0 Å². The summed E-state index contributed by atoms with van der Waals surface area (Å²) in [5, 5.41) is 18.1. The first kappa shape index (κ1) is 16.0. The van der Waals surface area contributed by atoms with Gasteiger partial charge in [0.15, 0.2) is 0 Å². The van der Waals surface area contributed by atoms with Gasteiger partial charge in [0.2, 0.25) is 5.91 Å². The molecule has 0 aliphatic heterocycles. The van der Waals surface area contributed by atoms with E-state index in [1.165, 1.54) is 0 Å². The van der Waals surface area contributed by atoms with E-state index in [2.05, 4.69) is 5.32 Å². The van der Waals surface area contributed by atoms with E-state index in [-0.39, 0.29) is 53.2 Å². The largest absolute Gasteiger partial charge is 1.00 e. The summed E-state index contributed by atoms with van der Waals surface area (Å²) in [5.74, 6) is -1.76. The molecule has 20 heavy (non-hydrogen) atoms. The van der Waals surface area contributed by atoms with Crippen molar-refractivity contribution in [3.05, 3.63) is 22.4 Å². The van der Waals surface area contributed by atoms with E-state index in [1.54, 1.807) is 11.3 Å². The molecule has 0 spiro atoms. The van der Waals surface area contributed by atoms with Gasteiger partial charge in [0.1, 0.15) is 0 Å². The number of amides is 1. The standard InChI is InChI=1S/C14H17NO3S.Na/c16-13(15-6-8-3-4-19-7-8)11-9-1-2-10(5-9)12(11)14(17)18;/h3-4,7,9-12H,1-2,5-6H2,(H,15,16)(H,17,18);/q;+1/p-1/t9-,10+,11-,12+;/m1./s1. The molecule has 1 aromatic rings. The smallest absolute Gasteiger partial charge is 0.550 e. The van der Waals surface area contributed by atoms with Crippen molar-refractivity contribution in [3.63, 3.8) is 0 Å². The summed E-state index contributed by atoms with van der Waals surface area (Å²) in [5.41, 5.74) is 1.06. The zero-order valence-corrected chi connectivity index (χ0v) is 14.3. The predicted molar refractivity (Wildman–Crippen MR) is 69.0 cm³/mol. The van der Waals surface area contributed by atoms with E-state index >= 15 is 0 Å². The van der Waals surface area contributed by atoms with Crippen LogP contribution in [0.4, 0.5) is 0 Å². The minimum Gasteiger partial charge on any atom is -0.550 e. The number of hydrogen-bond acceptors (Lipinski definition) is 4. The summed E-state index contributed by atoms with van der Waals surface area (Å²) in [6.07, 6.45) is 2.78. The Balaban J connectivity index is 0.00000147. The Morgan fingerprint density at radius 3 is 2.60 bits per heavy atom. The number of thiophene rings is 1. The maximum atomic E-state index is 12.2. The van der Waals surface area contributed by atoms with Gasteiger partial charge in [0.25, 0.3) is 0 Å². The number of rotatable bonds is 4. The molecule has 4 nitrogen and oxygen atoms in total. The molecule has 2 aliphatic rings. The van der Waals surface area contributed by atoms with Crippen molar-refractivity contribution in [2.24, 2.45) is 23.7 Å². The average molecular weight is 301 g/mol. The predicted octanol–water partition coefficient (Wildman–Crippen LogP) is -2.22. The number of fused-ring (bicyclic) bond motifs is 2. The third kappa shape index (κ3) is 2.96. The summed E-state index contributed by atoms with van der Waals surface area (Å²) < 4.78 is 0. The molecule has 1 heterocycles. The summed E-state index contributed by atoms with van der Waals surface area (Å²) in [6.45, 7) is 0.482. The van der Waals surface area contributed by atoms with Crippen molar-refractivity contribution < 1.29 is 44.3 Å². The fourth-order valence-corrected chi connectivity index (χ4v) is 4.38. The number of aliphatic carboxylic acids is 1. The number of carbonyl (C=O) groups excluding carboxylic acids is 2. The van der Waals surface area contributed by atoms with Gasteiger partial charge in [0, 0.05) is 24.3 Å². The molecule has 0 saturated heterocycles. The van der Waals surface area contributed by atoms with E-state index in [1.807, 2.05) is 16.8 Å². The van der Waals surface area contributed by atoms with Gasteiger partial charge in [-0.3, -0.25) is 4.79 Å². The molecule has 2 fully saturated rings. The van der Waals surface area contributed by atoms with E-state index in [0.29, 0.717) is 6.54 Å². The molecule has 1 aromatic heterocycles. The van der Waals surface area contributed by atoms with Crippen LogP contribution in [-0.4, -0.2) is 11.9 Å².